The van der Waals surface area contributed by atoms with E-state index in [1.807, 2.05) is 29.8 Å². The quantitative estimate of drug-likeness (QED) is 0.574. The maximum Gasteiger partial charge on any atom is 0.123 e. The van der Waals surface area contributed by atoms with Crippen molar-refractivity contribution >= 4 is 0 Å². The van der Waals surface area contributed by atoms with Crippen molar-refractivity contribution < 1.29 is 9.13 Å². The number of fused-ring (bicyclic) bond motifs is 1. The molecular formula is C21H19FN6O. The Kier molecular flexibility index (Phi) is 4.31. The minimum Gasteiger partial charge on any atom is -0.493 e. The summed E-state index contributed by atoms with van der Waals surface area (Å²) < 4.78 is 21.4. The number of H-pyrrole nitrogens is 1. The lowest BCUT2D eigenvalue weighted by atomic mass is 9.93. The van der Waals surface area contributed by atoms with Gasteiger partial charge in [0.05, 0.1) is 24.3 Å². The van der Waals surface area contributed by atoms with Gasteiger partial charge in [-0.05, 0) is 43.7 Å². The van der Waals surface area contributed by atoms with Crippen molar-refractivity contribution in [1.29, 1.82) is 0 Å². The fourth-order valence-corrected chi connectivity index (χ4v) is 3.75. The van der Waals surface area contributed by atoms with Gasteiger partial charge in [-0.25, -0.2) is 9.37 Å². The number of ether oxygens (including phenoxy) is 1. The molecule has 0 radical (unpaired) electrons. The minimum absolute atomic E-state index is 0.175. The highest BCUT2D eigenvalue weighted by Gasteiger charge is 2.23. The molecule has 3 aromatic heterocycles. The molecule has 0 fully saturated rings. The average Bonchev–Trinajstić information content (AvgIpc) is 3.38. The van der Waals surface area contributed by atoms with Crippen LogP contribution in [0.2, 0.25) is 0 Å². The van der Waals surface area contributed by atoms with Gasteiger partial charge in [-0.15, -0.1) is 0 Å². The molecule has 0 saturated carbocycles. The van der Waals surface area contributed by atoms with Gasteiger partial charge in [0.1, 0.15) is 23.0 Å². The number of nitrogens with zero attached hydrogens (tertiary/aromatic N) is 5. The number of aryl methyl sites for hydroxylation is 1. The van der Waals surface area contributed by atoms with Crippen LogP contribution in [-0.4, -0.2) is 36.6 Å². The number of aromatic amines is 1. The number of benzene rings is 1. The largest absolute Gasteiger partial charge is 0.493 e. The molecule has 146 valence electrons. The summed E-state index contributed by atoms with van der Waals surface area (Å²) in [4.78, 5) is 8.97. The van der Waals surface area contributed by atoms with Crippen molar-refractivity contribution in [3.05, 3.63) is 66.1 Å². The van der Waals surface area contributed by atoms with E-state index in [9.17, 15) is 4.39 Å². The molecule has 1 aliphatic rings. The number of rotatable bonds is 4. The second-order valence-corrected chi connectivity index (χ2v) is 7.16. The van der Waals surface area contributed by atoms with E-state index >= 15 is 0 Å². The summed E-state index contributed by atoms with van der Waals surface area (Å²) in [6.45, 7) is 3.24. The van der Waals surface area contributed by atoms with Gasteiger partial charge in [0.25, 0.3) is 0 Å². The van der Waals surface area contributed by atoms with Gasteiger partial charge >= 0.3 is 0 Å². The van der Waals surface area contributed by atoms with Crippen molar-refractivity contribution in [2.75, 3.05) is 6.61 Å². The second kappa shape index (κ2) is 7.12. The Morgan fingerprint density at radius 3 is 2.97 bits per heavy atom. The maximum absolute atomic E-state index is 13.7. The summed E-state index contributed by atoms with van der Waals surface area (Å²) in [5, 5.41) is 10.9. The molecule has 1 aromatic carbocycles. The maximum atomic E-state index is 13.7. The summed E-state index contributed by atoms with van der Waals surface area (Å²) >= 11 is 0. The second-order valence-electron chi connectivity index (χ2n) is 7.16. The van der Waals surface area contributed by atoms with Crippen LogP contribution >= 0.6 is 0 Å². The molecule has 4 heterocycles. The van der Waals surface area contributed by atoms with Crippen LogP contribution in [-0.2, 0) is 6.54 Å². The van der Waals surface area contributed by atoms with E-state index in [2.05, 4.69) is 25.4 Å². The number of halogens is 1. The highest BCUT2D eigenvalue weighted by molar-refractivity contribution is 5.67. The third-order valence-corrected chi connectivity index (χ3v) is 5.22. The zero-order valence-electron chi connectivity index (χ0n) is 15.8. The van der Waals surface area contributed by atoms with Crippen LogP contribution in [0.3, 0.4) is 0 Å². The standard InChI is InChI=1S/C21H19FN6O/c1-13-21(26-27-25-13)14-4-6-23-18(8-14)19-11-28(12-24-19)10-15-5-7-29-20-3-2-16(22)9-17(15)20/h2-4,6,8-9,11-12,15H,5,7,10H2,1H3,(H,25,26,27)/t15-/m0/s1. The predicted molar refractivity (Wildman–Crippen MR) is 105 cm³/mol. The molecule has 1 N–H and O–H groups in total. The monoisotopic (exact) mass is 390 g/mol. The first kappa shape index (κ1) is 17.5. The lowest BCUT2D eigenvalue weighted by Gasteiger charge is -2.26. The number of hydrogen-bond donors (Lipinski definition) is 1. The van der Waals surface area contributed by atoms with Crippen molar-refractivity contribution in [2.24, 2.45) is 0 Å². The van der Waals surface area contributed by atoms with Crippen LogP contribution < -0.4 is 4.74 Å². The molecule has 0 aliphatic carbocycles. The average molecular weight is 390 g/mol. The van der Waals surface area contributed by atoms with E-state index in [-0.39, 0.29) is 11.7 Å². The Labute approximate surface area is 166 Å². The van der Waals surface area contributed by atoms with Crippen LogP contribution in [0.25, 0.3) is 22.6 Å². The summed E-state index contributed by atoms with van der Waals surface area (Å²) in [7, 11) is 0. The molecule has 1 atom stereocenters. The molecule has 0 saturated heterocycles. The van der Waals surface area contributed by atoms with Crippen LogP contribution in [0.15, 0.2) is 49.1 Å². The van der Waals surface area contributed by atoms with Crippen LogP contribution in [0.1, 0.15) is 23.6 Å². The number of pyridine rings is 1. The molecule has 0 bridgehead atoms. The molecule has 29 heavy (non-hydrogen) atoms. The summed E-state index contributed by atoms with van der Waals surface area (Å²) in [6, 6.07) is 8.57. The third-order valence-electron chi connectivity index (χ3n) is 5.22. The number of nitrogens with one attached hydrogen (secondary N) is 1. The van der Waals surface area contributed by atoms with Crippen LogP contribution in [0, 0.1) is 12.7 Å². The summed E-state index contributed by atoms with van der Waals surface area (Å²) in [5.41, 5.74) is 5.02. The van der Waals surface area contributed by atoms with E-state index in [0.29, 0.717) is 13.2 Å². The third kappa shape index (κ3) is 3.37. The van der Waals surface area contributed by atoms with Gasteiger partial charge in [-0.1, -0.05) is 0 Å². The molecular weight excluding hydrogens is 371 g/mol. The van der Waals surface area contributed by atoms with E-state index < -0.39 is 0 Å². The van der Waals surface area contributed by atoms with Gasteiger partial charge < -0.3 is 9.30 Å². The molecule has 4 aromatic rings. The zero-order valence-corrected chi connectivity index (χ0v) is 15.8. The Morgan fingerprint density at radius 1 is 1.17 bits per heavy atom. The lowest BCUT2D eigenvalue weighted by Crippen LogP contribution is -2.18. The van der Waals surface area contributed by atoms with Gasteiger partial charge in [0.2, 0.25) is 0 Å². The first-order valence-electron chi connectivity index (χ1n) is 9.45. The Bertz CT molecular complexity index is 1170. The SMILES string of the molecule is Cc1n[nH]nc1-c1ccnc(-c2cn(C[C@@H]3CCOc4ccc(F)cc43)cn2)c1. The molecule has 7 nitrogen and oxygen atoms in total. The highest BCUT2D eigenvalue weighted by atomic mass is 19.1. The molecule has 0 spiro atoms. The van der Waals surface area contributed by atoms with Crippen molar-refractivity contribution in [2.45, 2.75) is 25.8 Å². The van der Waals surface area contributed by atoms with Crippen LogP contribution in [0.4, 0.5) is 4.39 Å². The zero-order chi connectivity index (χ0) is 19.8. The Morgan fingerprint density at radius 2 is 2.10 bits per heavy atom. The Hall–Kier alpha value is -3.55. The molecule has 8 heteroatoms. The lowest BCUT2D eigenvalue weighted by molar-refractivity contribution is 0.258. The smallest absolute Gasteiger partial charge is 0.123 e. The van der Waals surface area contributed by atoms with Gasteiger partial charge in [0.15, 0.2) is 0 Å². The molecule has 0 amide bonds. The fourth-order valence-electron chi connectivity index (χ4n) is 3.75. The van der Waals surface area contributed by atoms with E-state index in [4.69, 9.17) is 4.74 Å². The molecule has 0 unspecified atom stereocenters. The topological polar surface area (TPSA) is 81.5 Å². The normalized spacial score (nSPS) is 15.7. The number of imidazole rings is 1. The Balaban J connectivity index is 1.40. The van der Waals surface area contributed by atoms with Gasteiger partial charge in [-0.3, -0.25) is 4.98 Å². The number of aromatic nitrogens is 6. The van der Waals surface area contributed by atoms with Crippen molar-refractivity contribution in [3.8, 4) is 28.4 Å². The fraction of sp³-hybridized carbons (Fsp3) is 0.238. The first-order chi connectivity index (χ1) is 14.2. The number of hydrogen-bond acceptors (Lipinski definition) is 5. The van der Waals surface area contributed by atoms with Crippen LogP contribution in [0.5, 0.6) is 5.75 Å². The van der Waals surface area contributed by atoms with Gasteiger partial charge in [0, 0.05) is 36.0 Å². The van der Waals surface area contributed by atoms with E-state index in [1.165, 1.54) is 6.07 Å². The van der Waals surface area contributed by atoms with Gasteiger partial charge in [-0.2, -0.15) is 15.4 Å². The molecule has 1 aliphatic heterocycles. The van der Waals surface area contributed by atoms with E-state index in [0.717, 1.165) is 46.1 Å². The van der Waals surface area contributed by atoms with Crippen molar-refractivity contribution in [1.82, 2.24) is 29.9 Å². The summed E-state index contributed by atoms with van der Waals surface area (Å²) in [5.74, 6) is 0.698. The predicted octanol–water partition coefficient (Wildman–Crippen LogP) is 3.74. The first-order valence-corrected chi connectivity index (χ1v) is 9.45. The highest BCUT2D eigenvalue weighted by Crippen LogP contribution is 2.35. The minimum atomic E-state index is -0.241. The summed E-state index contributed by atoms with van der Waals surface area (Å²) in [6.07, 6.45) is 6.34. The van der Waals surface area contributed by atoms with Crippen molar-refractivity contribution in [3.63, 3.8) is 0 Å². The van der Waals surface area contributed by atoms with E-state index in [1.54, 1.807) is 24.7 Å². The molecule has 5 rings (SSSR count).